The zero-order valence-corrected chi connectivity index (χ0v) is 11.1. The highest BCUT2D eigenvalue weighted by Crippen LogP contribution is 2.29. The summed E-state index contributed by atoms with van der Waals surface area (Å²) in [4.78, 5) is 14.1. The first-order valence-electron chi connectivity index (χ1n) is 6.38. The van der Waals surface area contributed by atoms with E-state index in [9.17, 15) is 4.79 Å². The molecule has 1 aliphatic heterocycles. The number of amides is 1. The van der Waals surface area contributed by atoms with Gasteiger partial charge in [-0.15, -0.1) is 0 Å². The molecule has 1 fully saturated rings. The molecule has 0 unspecified atom stereocenters. The molecule has 0 aromatic carbocycles. The summed E-state index contributed by atoms with van der Waals surface area (Å²) in [6.45, 7) is 10.3. The third-order valence-electron chi connectivity index (χ3n) is 3.66. The van der Waals surface area contributed by atoms with Crippen LogP contribution >= 0.6 is 0 Å². The fourth-order valence-corrected chi connectivity index (χ4v) is 2.14. The summed E-state index contributed by atoms with van der Waals surface area (Å²) in [7, 11) is 0. The van der Waals surface area contributed by atoms with E-state index < -0.39 is 0 Å². The van der Waals surface area contributed by atoms with Gasteiger partial charge in [0.25, 0.3) is 0 Å². The normalized spacial score (nSPS) is 23.0. The first-order chi connectivity index (χ1) is 7.33. The van der Waals surface area contributed by atoms with Gasteiger partial charge in [0.15, 0.2) is 0 Å². The molecule has 3 nitrogen and oxygen atoms in total. The maximum absolute atomic E-state index is 12.1. The molecule has 1 saturated heterocycles. The van der Waals surface area contributed by atoms with Crippen molar-refractivity contribution in [3.63, 3.8) is 0 Å². The summed E-state index contributed by atoms with van der Waals surface area (Å²) < 4.78 is 0. The van der Waals surface area contributed by atoms with E-state index in [4.69, 9.17) is 5.73 Å². The Labute approximate surface area is 99.4 Å². The highest BCUT2D eigenvalue weighted by atomic mass is 16.2. The Balaban J connectivity index is 2.58. The number of rotatable bonds is 2. The van der Waals surface area contributed by atoms with Crippen molar-refractivity contribution in [2.45, 2.75) is 53.0 Å². The van der Waals surface area contributed by atoms with Crippen LogP contribution in [-0.4, -0.2) is 29.9 Å². The van der Waals surface area contributed by atoms with E-state index in [1.165, 1.54) is 6.42 Å². The van der Waals surface area contributed by atoms with Gasteiger partial charge in [0.05, 0.1) is 6.04 Å². The molecule has 16 heavy (non-hydrogen) atoms. The molecule has 2 N–H and O–H groups in total. The van der Waals surface area contributed by atoms with Crippen molar-refractivity contribution in [3.05, 3.63) is 0 Å². The molecule has 1 rings (SSSR count). The van der Waals surface area contributed by atoms with Gasteiger partial charge in [0.1, 0.15) is 0 Å². The van der Waals surface area contributed by atoms with Crippen LogP contribution in [0.2, 0.25) is 0 Å². The topological polar surface area (TPSA) is 46.3 Å². The van der Waals surface area contributed by atoms with E-state index in [0.29, 0.717) is 5.41 Å². The second-order valence-corrected chi connectivity index (χ2v) is 6.11. The van der Waals surface area contributed by atoms with Crippen LogP contribution in [0.3, 0.4) is 0 Å². The van der Waals surface area contributed by atoms with Crippen molar-refractivity contribution in [2.24, 2.45) is 17.1 Å². The van der Waals surface area contributed by atoms with Crippen molar-refractivity contribution in [3.8, 4) is 0 Å². The Kier molecular flexibility index (Phi) is 4.36. The first-order valence-corrected chi connectivity index (χ1v) is 6.38. The summed E-state index contributed by atoms with van der Waals surface area (Å²) in [6.07, 6.45) is 3.39. The van der Waals surface area contributed by atoms with Gasteiger partial charge in [0, 0.05) is 13.1 Å². The predicted molar refractivity (Wildman–Crippen MR) is 67.0 cm³/mol. The van der Waals surface area contributed by atoms with Crippen LogP contribution in [0.1, 0.15) is 47.0 Å². The molecule has 3 heteroatoms. The molecule has 94 valence electrons. The molecule has 0 spiro atoms. The molecule has 1 aliphatic rings. The molecule has 1 amide bonds. The highest BCUT2D eigenvalue weighted by Gasteiger charge is 2.28. The van der Waals surface area contributed by atoms with Gasteiger partial charge in [-0.3, -0.25) is 4.79 Å². The third-order valence-corrected chi connectivity index (χ3v) is 3.66. The van der Waals surface area contributed by atoms with Gasteiger partial charge in [-0.05, 0) is 30.6 Å². The number of hydrogen-bond donors (Lipinski definition) is 1. The van der Waals surface area contributed by atoms with Crippen LogP contribution in [0.4, 0.5) is 0 Å². The van der Waals surface area contributed by atoms with E-state index in [2.05, 4.69) is 13.8 Å². The van der Waals surface area contributed by atoms with E-state index in [0.717, 1.165) is 25.9 Å². The average molecular weight is 226 g/mol. The molecule has 1 atom stereocenters. The third kappa shape index (κ3) is 3.48. The molecular formula is C13H26N2O. The number of carbonyl (C=O) groups is 1. The average Bonchev–Trinajstić information content (AvgIpc) is 2.37. The number of nitrogens with zero attached hydrogens (tertiary/aromatic N) is 1. The van der Waals surface area contributed by atoms with Crippen LogP contribution in [0.15, 0.2) is 0 Å². The fourth-order valence-electron chi connectivity index (χ4n) is 2.14. The fraction of sp³-hybridized carbons (Fsp3) is 0.923. The van der Waals surface area contributed by atoms with Crippen molar-refractivity contribution in [2.75, 3.05) is 13.1 Å². The minimum absolute atomic E-state index is 0.132. The lowest BCUT2D eigenvalue weighted by atomic mass is 9.85. The molecule has 0 aromatic heterocycles. The summed E-state index contributed by atoms with van der Waals surface area (Å²) in [5, 5.41) is 0. The van der Waals surface area contributed by atoms with Crippen LogP contribution in [-0.2, 0) is 4.79 Å². The summed E-state index contributed by atoms with van der Waals surface area (Å²) >= 11 is 0. The van der Waals surface area contributed by atoms with Crippen LogP contribution in [0.5, 0.6) is 0 Å². The monoisotopic (exact) mass is 226 g/mol. The van der Waals surface area contributed by atoms with Gasteiger partial charge in [-0.2, -0.15) is 0 Å². The molecule has 0 aromatic rings. The number of carbonyl (C=O) groups excluding carboxylic acids is 1. The Morgan fingerprint density at radius 2 is 1.88 bits per heavy atom. The maximum Gasteiger partial charge on any atom is 0.239 e. The van der Waals surface area contributed by atoms with Gasteiger partial charge >= 0.3 is 0 Å². The lowest BCUT2D eigenvalue weighted by Gasteiger charge is -2.27. The van der Waals surface area contributed by atoms with Crippen LogP contribution in [0.25, 0.3) is 0 Å². The zero-order chi connectivity index (χ0) is 12.3. The Morgan fingerprint density at radius 1 is 1.25 bits per heavy atom. The molecular weight excluding hydrogens is 200 g/mol. The van der Waals surface area contributed by atoms with Crippen molar-refractivity contribution in [1.82, 2.24) is 4.90 Å². The number of likely N-dealkylation sites (tertiary alicyclic amines) is 1. The lowest BCUT2D eigenvalue weighted by Crippen LogP contribution is -2.47. The maximum atomic E-state index is 12.1. The summed E-state index contributed by atoms with van der Waals surface area (Å²) in [5.74, 6) is 0.358. The van der Waals surface area contributed by atoms with Gasteiger partial charge in [-0.1, -0.05) is 27.7 Å². The first kappa shape index (κ1) is 13.5. The molecule has 0 aliphatic carbocycles. The lowest BCUT2D eigenvalue weighted by molar-refractivity contribution is -0.133. The van der Waals surface area contributed by atoms with Gasteiger partial charge in [0.2, 0.25) is 5.91 Å². The Morgan fingerprint density at radius 3 is 2.44 bits per heavy atom. The van der Waals surface area contributed by atoms with Crippen molar-refractivity contribution >= 4 is 5.91 Å². The van der Waals surface area contributed by atoms with E-state index in [-0.39, 0.29) is 17.9 Å². The van der Waals surface area contributed by atoms with Crippen molar-refractivity contribution < 1.29 is 4.79 Å². The molecule has 0 bridgehead atoms. The predicted octanol–water partition coefficient (Wildman–Crippen LogP) is 2.01. The summed E-state index contributed by atoms with van der Waals surface area (Å²) in [5.41, 5.74) is 6.29. The van der Waals surface area contributed by atoms with E-state index in [1.54, 1.807) is 0 Å². The number of nitrogens with two attached hydrogens (primary N) is 1. The minimum Gasteiger partial charge on any atom is -0.341 e. The van der Waals surface area contributed by atoms with Crippen molar-refractivity contribution in [1.29, 1.82) is 0 Å². The standard InChI is InChI=1S/C13H26N2O/c1-10(2)11(14)12(16)15-8-5-6-13(3,4)7-9-15/h10-11H,5-9,14H2,1-4H3/t11-/m0/s1. The number of hydrogen-bond acceptors (Lipinski definition) is 2. The zero-order valence-electron chi connectivity index (χ0n) is 11.1. The minimum atomic E-state index is -0.332. The van der Waals surface area contributed by atoms with E-state index in [1.807, 2.05) is 18.7 Å². The van der Waals surface area contributed by atoms with Crippen LogP contribution < -0.4 is 5.73 Å². The second-order valence-electron chi connectivity index (χ2n) is 6.11. The molecule has 0 saturated carbocycles. The molecule has 0 radical (unpaired) electrons. The molecule has 1 heterocycles. The quantitative estimate of drug-likeness (QED) is 0.783. The van der Waals surface area contributed by atoms with Gasteiger partial charge < -0.3 is 10.6 Å². The van der Waals surface area contributed by atoms with E-state index >= 15 is 0 Å². The largest absolute Gasteiger partial charge is 0.341 e. The second kappa shape index (κ2) is 5.17. The summed E-state index contributed by atoms with van der Waals surface area (Å²) in [6, 6.07) is -0.332. The smallest absolute Gasteiger partial charge is 0.239 e. The Hall–Kier alpha value is -0.570. The van der Waals surface area contributed by atoms with Crippen LogP contribution in [0, 0.1) is 11.3 Å². The van der Waals surface area contributed by atoms with Gasteiger partial charge in [-0.25, -0.2) is 0 Å². The highest BCUT2D eigenvalue weighted by molar-refractivity contribution is 5.81. The Bertz CT molecular complexity index is 248. The SMILES string of the molecule is CC(C)[C@H](N)C(=O)N1CCCC(C)(C)CC1.